The van der Waals surface area contributed by atoms with Crippen molar-refractivity contribution in [3.63, 3.8) is 0 Å². The molecule has 0 aliphatic rings. The van der Waals surface area contributed by atoms with Crippen LogP contribution >= 0.6 is 27.3 Å². The van der Waals surface area contributed by atoms with Crippen molar-refractivity contribution in [2.45, 2.75) is 0 Å². The third kappa shape index (κ3) is 3.22. The molecule has 136 valence electrons. The van der Waals surface area contributed by atoms with Gasteiger partial charge in [-0.3, -0.25) is 4.79 Å². The van der Waals surface area contributed by atoms with Crippen LogP contribution in [0, 0.1) is 0 Å². The van der Waals surface area contributed by atoms with E-state index in [-0.39, 0.29) is 5.56 Å². The summed E-state index contributed by atoms with van der Waals surface area (Å²) in [5.74, 6) is 1.67. The van der Waals surface area contributed by atoms with Crippen LogP contribution in [0.5, 0.6) is 11.5 Å². The van der Waals surface area contributed by atoms with Gasteiger partial charge in [0.25, 0.3) is 5.56 Å². The first-order valence-electron chi connectivity index (χ1n) is 7.99. The molecule has 0 fully saturated rings. The van der Waals surface area contributed by atoms with Gasteiger partial charge in [0.05, 0.1) is 18.8 Å². The Kier molecular flexibility index (Phi) is 4.67. The van der Waals surface area contributed by atoms with E-state index in [1.807, 2.05) is 36.4 Å². The van der Waals surface area contributed by atoms with Crippen LogP contribution in [-0.2, 0) is 0 Å². The number of halogens is 1. The highest BCUT2D eigenvalue weighted by atomic mass is 79.9. The summed E-state index contributed by atoms with van der Waals surface area (Å²) in [5, 5.41) is 4.37. The van der Waals surface area contributed by atoms with Crippen molar-refractivity contribution in [2.75, 3.05) is 14.2 Å². The number of methoxy groups -OCH3 is 2. The fraction of sp³-hybridized carbons (Fsp3) is 0.105. The Morgan fingerprint density at radius 2 is 1.89 bits per heavy atom. The molecule has 4 aromatic rings. The lowest BCUT2D eigenvalue weighted by Gasteiger charge is -2.07. The number of ether oxygens (including phenoxy) is 2. The molecule has 0 aliphatic carbocycles. The number of aromatic nitrogens is 3. The third-order valence-corrected chi connectivity index (χ3v) is 5.70. The van der Waals surface area contributed by atoms with Gasteiger partial charge < -0.3 is 9.47 Å². The molecule has 0 spiro atoms. The summed E-state index contributed by atoms with van der Waals surface area (Å²) >= 11 is 4.80. The van der Waals surface area contributed by atoms with Crippen LogP contribution in [0.1, 0.15) is 5.56 Å². The zero-order valence-electron chi connectivity index (χ0n) is 14.5. The van der Waals surface area contributed by atoms with E-state index in [2.05, 4.69) is 26.0 Å². The van der Waals surface area contributed by atoms with E-state index in [0.29, 0.717) is 26.8 Å². The molecule has 0 bridgehead atoms. The quantitative estimate of drug-likeness (QED) is 0.484. The fourth-order valence-corrected chi connectivity index (χ4v) is 3.96. The van der Waals surface area contributed by atoms with Crippen molar-refractivity contribution in [2.24, 2.45) is 0 Å². The van der Waals surface area contributed by atoms with E-state index < -0.39 is 0 Å². The van der Waals surface area contributed by atoms with Gasteiger partial charge in [0.2, 0.25) is 4.96 Å². The lowest BCUT2D eigenvalue weighted by molar-refractivity contribution is 0.355. The van der Waals surface area contributed by atoms with Gasteiger partial charge in [-0.1, -0.05) is 45.5 Å². The molecule has 0 N–H and O–H groups in total. The largest absolute Gasteiger partial charge is 0.493 e. The van der Waals surface area contributed by atoms with Crippen LogP contribution in [0.15, 0.2) is 51.7 Å². The van der Waals surface area contributed by atoms with Gasteiger partial charge in [0, 0.05) is 10.0 Å². The Labute approximate surface area is 166 Å². The van der Waals surface area contributed by atoms with Crippen LogP contribution in [0.3, 0.4) is 0 Å². The minimum absolute atomic E-state index is 0.190. The standard InChI is InChI=1S/C19H14BrN3O3S/c1-25-14-8-7-12(9-15(14)26-2)17-21-19-23(22-17)18(24)16(27-19)10-11-5-3-4-6-13(11)20/h3-10H,1-2H3. The molecule has 0 radical (unpaired) electrons. The summed E-state index contributed by atoms with van der Waals surface area (Å²) in [4.78, 5) is 17.7. The number of nitrogens with zero attached hydrogens (tertiary/aromatic N) is 3. The van der Waals surface area contributed by atoms with Crippen LogP contribution in [0.4, 0.5) is 0 Å². The second-order valence-corrected chi connectivity index (χ2v) is 7.50. The number of benzene rings is 2. The van der Waals surface area contributed by atoms with Crippen LogP contribution in [-0.4, -0.2) is 28.8 Å². The molecule has 0 unspecified atom stereocenters. The van der Waals surface area contributed by atoms with E-state index >= 15 is 0 Å². The average Bonchev–Trinajstić information content (AvgIpc) is 3.23. The third-order valence-electron chi connectivity index (χ3n) is 4.02. The van der Waals surface area contributed by atoms with Crippen LogP contribution in [0.2, 0.25) is 0 Å². The van der Waals surface area contributed by atoms with Crippen molar-refractivity contribution in [1.29, 1.82) is 0 Å². The van der Waals surface area contributed by atoms with Crippen molar-refractivity contribution >= 4 is 38.3 Å². The highest BCUT2D eigenvalue weighted by Gasteiger charge is 2.14. The Balaban J connectivity index is 1.80. The molecule has 2 aromatic heterocycles. The maximum atomic E-state index is 12.7. The molecule has 6 nitrogen and oxygen atoms in total. The molecule has 2 aromatic carbocycles. The summed E-state index contributed by atoms with van der Waals surface area (Å²) in [5.41, 5.74) is 1.49. The SMILES string of the molecule is COc1ccc(-c2nc3sc(=Cc4ccccc4Br)c(=O)n3n2)cc1OC. The topological polar surface area (TPSA) is 65.7 Å². The molecular formula is C19H14BrN3O3S. The van der Waals surface area contributed by atoms with Crippen LogP contribution < -0.4 is 19.6 Å². The van der Waals surface area contributed by atoms with Gasteiger partial charge in [0.15, 0.2) is 17.3 Å². The highest BCUT2D eigenvalue weighted by Crippen LogP contribution is 2.31. The van der Waals surface area contributed by atoms with Gasteiger partial charge in [-0.05, 0) is 35.9 Å². The number of fused-ring (bicyclic) bond motifs is 1. The lowest BCUT2D eigenvalue weighted by Crippen LogP contribution is -2.23. The number of rotatable bonds is 4. The Bertz CT molecular complexity index is 1250. The van der Waals surface area contributed by atoms with Crippen molar-refractivity contribution in [1.82, 2.24) is 14.6 Å². The summed E-state index contributed by atoms with van der Waals surface area (Å²) in [7, 11) is 3.15. The molecule has 8 heteroatoms. The molecule has 0 amide bonds. The second-order valence-electron chi connectivity index (χ2n) is 5.64. The molecule has 0 atom stereocenters. The Morgan fingerprint density at radius 3 is 2.59 bits per heavy atom. The summed E-state index contributed by atoms with van der Waals surface area (Å²) in [6.45, 7) is 0. The Morgan fingerprint density at radius 1 is 1.11 bits per heavy atom. The Hall–Kier alpha value is -2.71. The first-order chi connectivity index (χ1) is 13.1. The van der Waals surface area contributed by atoms with E-state index in [4.69, 9.17) is 9.47 Å². The second kappa shape index (κ2) is 7.13. The molecular weight excluding hydrogens is 430 g/mol. The molecule has 0 aliphatic heterocycles. The van der Waals surface area contributed by atoms with Crippen molar-refractivity contribution < 1.29 is 9.47 Å². The maximum Gasteiger partial charge on any atom is 0.291 e. The van der Waals surface area contributed by atoms with E-state index in [0.717, 1.165) is 15.6 Å². The molecule has 2 heterocycles. The predicted molar refractivity (Wildman–Crippen MR) is 109 cm³/mol. The zero-order valence-corrected chi connectivity index (χ0v) is 16.9. The monoisotopic (exact) mass is 443 g/mol. The van der Waals surface area contributed by atoms with Crippen molar-refractivity contribution in [3.8, 4) is 22.9 Å². The lowest BCUT2D eigenvalue weighted by atomic mass is 10.2. The maximum absolute atomic E-state index is 12.7. The number of thiazole rings is 1. The molecule has 4 rings (SSSR count). The minimum atomic E-state index is -0.190. The van der Waals surface area contributed by atoms with E-state index in [1.165, 1.54) is 15.9 Å². The minimum Gasteiger partial charge on any atom is -0.493 e. The van der Waals surface area contributed by atoms with Gasteiger partial charge in [0.1, 0.15) is 0 Å². The smallest absolute Gasteiger partial charge is 0.291 e. The van der Waals surface area contributed by atoms with E-state index in [1.54, 1.807) is 26.4 Å². The predicted octanol–water partition coefficient (Wildman–Crippen LogP) is 3.15. The number of hydrogen-bond donors (Lipinski definition) is 0. The fourth-order valence-electron chi connectivity index (χ4n) is 2.66. The first-order valence-corrected chi connectivity index (χ1v) is 9.60. The average molecular weight is 444 g/mol. The van der Waals surface area contributed by atoms with Gasteiger partial charge in [-0.25, -0.2) is 0 Å². The van der Waals surface area contributed by atoms with Gasteiger partial charge in [-0.15, -0.1) is 5.10 Å². The van der Waals surface area contributed by atoms with Gasteiger partial charge in [-0.2, -0.15) is 9.50 Å². The molecule has 27 heavy (non-hydrogen) atoms. The highest BCUT2D eigenvalue weighted by molar-refractivity contribution is 9.10. The van der Waals surface area contributed by atoms with Crippen molar-refractivity contribution in [3.05, 3.63) is 67.4 Å². The summed E-state index contributed by atoms with van der Waals surface area (Å²) in [6, 6.07) is 13.1. The summed E-state index contributed by atoms with van der Waals surface area (Å²) in [6.07, 6.45) is 1.84. The zero-order chi connectivity index (χ0) is 19.0. The molecule has 0 saturated carbocycles. The van der Waals surface area contributed by atoms with E-state index in [9.17, 15) is 4.79 Å². The normalized spacial score (nSPS) is 11.9. The van der Waals surface area contributed by atoms with Gasteiger partial charge >= 0.3 is 0 Å². The van der Waals surface area contributed by atoms with Crippen LogP contribution in [0.25, 0.3) is 22.4 Å². The number of hydrogen-bond acceptors (Lipinski definition) is 6. The first kappa shape index (κ1) is 17.7. The summed E-state index contributed by atoms with van der Waals surface area (Å²) < 4.78 is 13.4. The molecule has 0 saturated heterocycles.